The highest BCUT2D eigenvalue weighted by Gasteiger charge is 2.26. The maximum Gasteiger partial charge on any atom is 0.361 e. The molecule has 1 aromatic heterocycles. The molecule has 4 rings (SSSR count). The summed E-state index contributed by atoms with van der Waals surface area (Å²) in [5.74, 6) is 1.55. The average Bonchev–Trinajstić information content (AvgIpc) is 3.32. The molecule has 0 bridgehead atoms. The Morgan fingerprint density at radius 2 is 1.36 bits per heavy atom. The maximum absolute atomic E-state index is 13.0. The van der Waals surface area contributed by atoms with Gasteiger partial charge in [-0.2, -0.15) is 4.98 Å². The van der Waals surface area contributed by atoms with Gasteiger partial charge < -0.3 is 18.3 Å². The number of nitrogens with zero attached hydrogens (tertiary/aromatic N) is 2. The van der Waals surface area contributed by atoms with Crippen molar-refractivity contribution < 1.29 is 27.3 Å². The van der Waals surface area contributed by atoms with Crippen LogP contribution in [0.15, 0.2) is 77.3 Å². The first-order valence-electron chi connectivity index (χ1n) is 10.4. The monoisotopic (exact) mass is 468 g/mol. The molecule has 9 heteroatoms. The second-order valence-electron chi connectivity index (χ2n) is 6.88. The third kappa shape index (κ3) is 5.37. The number of aromatic nitrogens is 2. The van der Waals surface area contributed by atoms with E-state index in [1.807, 2.05) is 0 Å². The van der Waals surface area contributed by atoms with E-state index >= 15 is 0 Å². The fraction of sp³-hybridized carbons (Fsp3) is 0.167. The Morgan fingerprint density at radius 1 is 0.818 bits per heavy atom. The Bertz CT molecular complexity index is 1230. The standard InChI is InChI=1S/C24H22FN2O5P/c1-3-29-33(28,30-4-2)22-15-7-18(8-16-22)24-26-23(27-32-24)17-5-11-20(12-6-17)31-21-13-9-19(25)10-14-21/h5-16H,3-4H2,1-2H3. The number of benzene rings is 3. The number of halogens is 1. The first kappa shape index (κ1) is 22.9. The lowest BCUT2D eigenvalue weighted by atomic mass is 10.2. The number of hydrogen-bond acceptors (Lipinski definition) is 7. The van der Waals surface area contributed by atoms with E-state index in [0.717, 1.165) is 5.56 Å². The molecule has 0 N–H and O–H groups in total. The molecule has 1 heterocycles. The zero-order valence-corrected chi connectivity index (χ0v) is 19.0. The van der Waals surface area contributed by atoms with Crippen LogP contribution in [0.4, 0.5) is 4.39 Å². The topological polar surface area (TPSA) is 83.7 Å². The molecule has 0 fully saturated rings. The van der Waals surface area contributed by atoms with Crippen molar-refractivity contribution in [3.05, 3.63) is 78.6 Å². The molecule has 0 saturated heterocycles. The Hall–Kier alpha value is -3.32. The van der Waals surface area contributed by atoms with Crippen LogP contribution in [0.5, 0.6) is 11.5 Å². The largest absolute Gasteiger partial charge is 0.457 e. The third-order valence-electron chi connectivity index (χ3n) is 4.62. The van der Waals surface area contributed by atoms with Gasteiger partial charge in [-0.15, -0.1) is 0 Å². The smallest absolute Gasteiger partial charge is 0.361 e. The van der Waals surface area contributed by atoms with Crippen LogP contribution in [0.2, 0.25) is 0 Å². The SMILES string of the molecule is CCOP(=O)(OCC)c1ccc(-c2nc(-c3ccc(Oc4ccc(F)cc4)cc3)no2)cc1. The molecule has 7 nitrogen and oxygen atoms in total. The van der Waals surface area contributed by atoms with Crippen molar-refractivity contribution in [1.29, 1.82) is 0 Å². The molecule has 0 amide bonds. The van der Waals surface area contributed by atoms with Gasteiger partial charge in [0, 0.05) is 11.1 Å². The lowest BCUT2D eigenvalue weighted by molar-refractivity contribution is 0.230. The first-order valence-corrected chi connectivity index (χ1v) is 11.9. The molecule has 33 heavy (non-hydrogen) atoms. The number of hydrogen-bond donors (Lipinski definition) is 0. The van der Waals surface area contributed by atoms with E-state index in [2.05, 4.69) is 10.1 Å². The highest BCUT2D eigenvalue weighted by atomic mass is 31.2. The average molecular weight is 468 g/mol. The fourth-order valence-corrected chi connectivity index (χ4v) is 4.65. The van der Waals surface area contributed by atoms with E-state index < -0.39 is 7.60 Å². The van der Waals surface area contributed by atoms with E-state index in [4.69, 9.17) is 18.3 Å². The minimum atomic E-state index is -3.36. The van der Waals surface area contributed by atoms with Crippen molar-refractivity contribution in [2.75, 3.05) is 13.2 Å². The summed E-state index contributed by atoms with van der Waals surface area (Å²) in [6, 6.07) is 19.7. The summed E-state index contributed by atoms with van der Waals surface area (Å²) in [7, 11) is -3.36. The molecule has 4 aromatic rings. The molecular weight excluding hydrogens is 446 g/mol. The van der Waals surface area contributed by atoms with Gasteiger partial charge in [0.25, 0.3) is 5.89 Å². The van der Waals surface area contributed by atoms with Crippen LogP contribution in [0.25, 0.3) is 22.8 Å². The van der Waals surface area contributed by atoms with E-state index in [1.165, 1.54) is 12.1 Å². The summed E-state index contributed by atoms with van der Waals surface area (Å²) in [4.78, 5) is 4.45. The second-order valence-corrected chi connectivity index (χ2v) is 8.91. The molecule has 170 valence electrons. The summed E-state index contributed by atoms with van der Waals surface area (Å²) in [5.41, 5.74) is 1.42. The van der Waals surface area contributed by atoms with Crippen molar-refractivity contribution in [1.82, 2.24) is 10.1 Å². The van der Waals surface area contributed by atoms with Gasteiger partial charge in [-0.25, -0.2) is 4.39 Å². The summed E-state index contributed by atoms with van der Waals surface area (Å²) in [6.45, 7) is 4.09. The van der Waals surface area contributed by atoms with Gasteiger partial charge in [0.05, 0.1) is 18.5 Å². The van der Waals surface area contributed by atoms with Crippen molar-refractivity contribution >= 4 is 12.9 Å². The fourth-order valence-electron chi connectivity index (χ4n) is 3.08. The van der Waals surface area contributed by atoms with Crippen LogP contribution in [-0.4, -0.2) is 23.4 Å². The molecule has 0 spiro atoms. The van der Waals surface area contributed by atoms with E-state index in [0.29, 0.717) is 34.1 Å². The Morgan fingerprint density at radius 3 is 1.94 bits per heavy atom. The summed E-state index contributed by atoms with van der Waals surface area (Å²) in [6.07, 6.45) is 0. The predicted octanol–water partition coefficient (Wildman–Crippen LogP) is 6.23. The van der Waals surface area contributed by atoms with Crippen LogP contribution < -0.4 is 10.0 Å². The molecular formula is C24H22FN2O5P. The zero-order chi connectivity index (χ0) is 23.3. The first-order chi connectivity index (χ1) is 16.0. The zero-order valence-electron chi connectivity index (χ0n) is 18.1. The molecule has 0 aliphatic rings. The van der Waals surface area contributed by atoms with Crippen molar-refractivity contribution in [3.63, 3.8) is 0 Å². The van der Waals surface area contributed by atoms with Crippen molar-refractivity contribution in [3.8, 4) is 34.3 Å². The maximum atomic E-state index is 13.0. The second kappa shape index (κ2) is 10.1. The van der Waals surface area contributed by atoms with Gasteiger partial charge in [0.15, 0.2) is 0 Å². The van der Waals surface area contributed by atoms with Gasteiger partial charge in [0.2, 0.25) is 5.82 Å². The molecule has 0 atom stereocenters. The molecule has 0 aliphatic carbocycles. The van der Waals surface area contributed by atoms with E-state index in [9.17, 15) is 8.96 Å². The van der Waals surface area contributed by atoms with E-state index in [1.54, 1.807) is 74.5 Å². The van der Waals surface area contributed by atoms with Crippen LogP contribution in [0, 0.1) is 5.82 Å². The lowest BCUT2D eigenvalue weighted by Gasteiger charge is -2.17. The van der Waals surface area contributed by atoms with Gasteiger partial charge in [-0.1, -0.05) is 5.16 Å². The van der Waals surface area contributed by atoms with Crippen LogP contribution in [0.1, 0.15) is 13.8 Å². The molecule has 0 unspecified atom stereocenters. The summed E-state index contributed by atoms with van der Waals surface area (Å²) < 4.78 is 47.8. The summed E-state index contributed by atoms with van der Waals surface area (Å²) >= 11 is 0. The van der Waals surface area contributed by atoms with Gasteiger partial charge in [-0.3, -0.25) is 4.57 Å². The Labute approximate surface area is 190 Å². The normalized spacial score (nSPS) is 11.5. The van der Waals surface area contributed by atoms with Crippen molar-refractivity contribution in [2.24, 2.45) is 0 Å². The van der Waals surface area contributed by atoms with Crippen LogP contribution in [-0.2, 0) is 13.6 Å². The Balaban J connectivity index is 1.48. The van der Waals surface area contributed by atoms with Crippen molar-refractivity contribution in [2.45, 2.75) is 13.8 Å². The Kier molecular flexibility index (Phi) is 6.99. The van der Waals surface area contributed by atoms with Crippen LogP contribution in [0.3, 0.4) is 0 Å². The number of ether oxygens (including phenoxy) is 1. The summed E-state index contributed by atoms with van der Waals surface area (Å²) in [5, 5.41) is 4.51. The molecule has 3 aromatic carbocycles. The minimum absolute atomic E-state index is 0.278. The highest BCUT2D eigenvalue weighted by Crippen LogP contribution is 2.46. The third-order valence-corrected chi connectivity index (χ3v) is 6.74. The van der Waals surface area contributed by atoms with Gasteiger partial charge >= 0.3 is 7.60 Å². The molecule has 0 saturated carbocycles. The van der Waals surface area contributed by atoms with Gasteiger partial charge in [0.1, 0.15) is 17.3 Å². The van der Waals surface area contributed by atoms with E-state index in [-0.39, 0.29) is 19.0 Å². The van der Waals surface area contributed by atoms with Gasteiger partial charge in [-0.05, 0) is 86.6 Å². The number of rotatable bonds is 9. The quantitative estimate of drug-likeness (QED) is 0.269. The lowest BCUT2D eigenvalue weighted by Crippen LogP contribution is -2.10. The highest BCUT2D eigenvalue weighted by molar-refractivity contribution is 7.62. The minimum Gasteiger partial charge on any atom is -0.457 e. The predicted molar refractivity (Wildman–Crippen MR) is 122 cm³/mol. The molecule has 0 radical (unpaired) electrons. The molecule has 0 aliphatic heterocycles. The van der Waals surface area contributed by atoms with Crippen LogP contribution >= 0.6 is 7.60 Å².